The highest BCUT2D eigenvalue weighted by atomic mass is 35.5. The highest BCUT2D eigenvalue weighted by Crippen LogP contribution is 2.40. The zero-order valence-corrected chi connectivity index (χ0v) is 20.8. The number of halogens is 3. The van der Waals surface area contributed by atoms with E-state index < -0.39 is 24.1 Å². The summed E-state index contributed by atoms with van der Waals surface area (Å²) in [5.74, 6) is -0.444. The van der Waals surface area contributed by atoms with Crippen molar-refractivity contribution in [3.63, 3.8) is 0 Å². The Kier molecular flexibility index (Phi) is 8.20. The fourth-order valence-electron chi connectivity index (χ4n) is 4.52. The summed E-state index contributed by atoms with van der Waals surface area (Å²) in [5, 5.41) is 9.65. The fourth-order valence-corrected chi connectivity index (χ4v) is 5.14. The molecule has 11 heteroatoms. The minimum Gasteiger partial charge on any atom is -0.467 e. The molecular weight excluding hydrogens is 495 g/mol. The molecule has 0 aliphatic carbocycles. The molecule has 3 N–H and O–H groups in total. The van der Waals surface area contributed by atoms with Crippen molar-refractivity contribution in [2.45, 2.75) is 18.5 Å². The molecule has 0 aromatic heterocycles. The normalized spacial score (nSPS) is 19.9. The highest BCUT2D eigenvalue weighted by molar-refractivity contribution is 6.35. The lowest BCUT2D eigenvalue weighted by atomic mass is 9.92. The second-order valence-electron chi connectivity index (χ2n) is 8.52. The molecule has 0 bridgehead atoms. The third-order valence-corrected chi connectivity index (χ3v) is 6.83. The van der Waals surface area contributed by atoms with Crippen molar-refractivity contribution < 1.29 is 18.7 Å². The molecule has 2 amide bonds. The monoisotopic (exact) mass is 522 g/mol. The number of hydrogen-bond donors (Lipinski definition) is 3. The Balaban J connectivity index is 1.40. The van der Waals surface area contributed by atoms with Gasteiger partial charge in [0.15, 0.2) is 0 Å². The molecule has 2 atom stereocenters. The number of piperazine rings is 1. The molecule has 35 heavy (non-hydrogen) atoms. The zero-order chi connectivity index (χ0) is 24.9. The molecular formula is C24H28Cl2FN5O3. The number of alkyl halides is 1. The van der Waals surface area contributed by atoms with Crippen LogP contribution in [0.5, 0.6) is 0 Å². The number of ether oxygens (including phenoxy) is 1. The Morgan fingerprint density at radius 1 is 1.14 bits per heavy atom. The largest absolute Gasteiger partial charge is 0.467 e. The molecule has 2 heterocycles. The Hall–Kier alpha value is -2.75. The first kappa shape index (κ1) is 25.3. The van der Waals surface area contributed by atoms with Gasteiger partial charge in [-0.3, -0.25) is 4.90 Å². The number of esters is 1. The van der Waals surface area contributed by atoms with E-state index in [2.05, 4.69) is 25.8 Å². The molecule has 2 aromatic rings. The number of nitrogens with one attached hydrogen (secondary N) is 3. The lowest BCUT2D eigenvalue weighted by Gasteiger charge is -2.35. The summed E-state index contributed by atoms with van der Waals surface area (Å²) < 4.78 is 17.4. The number of amides is 2. The van der Waals surface area contributed by atoms with Crippen LogP contribution in [0.2, 0.25) is 10.0 Å². The summed E-state index contributed by atoms with van der Waals surface area (Å²) >= 11 is 12.6. The van der Waals surface area contributed by atoms with E-state index in [0.29, 0.717) is 33.5 Å². The SMILES string of the molecule is COC(=O)[C@H]1C[C@H](NC(=O)Nc2ccc(N3CCN(CC[18F])CC3)cc2)c2c(Cl)cc(Cl)cc2N1. The maximum absolute atomic E-state index is 12.8. The number of rotatable bonds is 6. The van der Waals surface area contributed by atoms with Crippen LogP contribution in [-0.2, 0) is 9.53 Å². The Labute approximate surface area is 213 Å². The minimum absolute atomic E-state index is 0.266. The summed E-state index contributed by atoms with van der Waals surface area (Å²) in [5.41, 5.74) is 2.91. The summed E-state index contributed by atoms with van der Waals surface area (Å²) in [7, 11) is 1.31. The van der Waals surface area contributed by atoms with Crippen molar-refractivity contribution in [1.29, 1.82) is 0 Å². The molecule has 188 valence electrons. The molecule has 0 unspecified atom stereocenters. The smallest absolute Gasteiger partial charge is 0.328 e. The van der Waals surface area contributed by atoms with Gasteiger partial charge in [-0.25, -0.2) is 14.0 Å². The zero-order valence-electron chi connectivity index (χ0n) is 19.3. The van der Waals surface area contributed by atoms with E-state index in [1.165, 1.54) is 7.11 Å². The van der Waals surface area contributed by atoms with Gasteiger partial charge in [-0.15, -0.1) is 0 Å². The number of methoxy groups -OCH3 is 1. The van der Waals surface area contributed by atoms with E-state index in [1.54, 1.807) is 12.1 Å². The van der Waals surface area contributed by atoms with Crippen LogP contribution in [0.25, 0.3) is 0 Å². The van der Waals surface area contributed by atoms with Crippen molar-refractivity contribution in [3.8, 4) is 0 Å². The summed E-state index contributed by atoms with van der Waals surface area (Å²) in [6, 6.07) is 9.23. The van der Waals surface area contributed by atoms with Gasteiger partial charge in [0.2, 0.25) is 0 Å². The number of hydrogen-bond acceptors (Lipinski definition) is 6. The predicted molar refractivity (Wildman–Crippen MR) is 136 cm³/mol. The van der Waals surface area contributed by atoms with Crippen LogP contribution >= 0.6 is 23.2 Å². The molecule has 8 nitrogen and oxygen atoms in total. The minimum atomic E-state index is -0.656. The van der Waals surface area contributed by atoms with E-state index in [1.807, 2.05) is 24.3 Å². The molecule has 4 rings (SSSR count). The average molecular weight is 523 g/mol. The topological polar surface area (TPSA) is 85.9 Å². The van der Waals surface area contributed by atoms with Crippen molar-refractivity contribution in [2.75, 3.05) is 62.0 Å². The van der Waals surface area contributed by atoms with Gasteiger partial charge in [-0.05, 0) is 36.4 Å². The number of carbonyl (C=O) groups is 2. The number of nitrogens with zero attached hydrogens (tertiary/aromatic N) is 2. The summed E-state index contributed by atoms with van der Waals surface area (Å²) in [4.78, 5) is 29.4. The Morgan fingerprint density at radius 2 is 1.86 bits per heavy atom. The van der Waals surface area contributed by atoms with E-state index >= 15 is 0 Å². The molecule has 2 aliphatic heterocycles. The molecule has 1 fully saturated rings. The third kappa shape index (κ3) is 6.09. The number of carbonyl (C=O) groups excluding carboxylic acids is 2. The van der Waals surface area contributed by atoms with Gasteiger partial charge >= 0.3 is 12.0 Å². The fraction of sp³-hybridized carbons (Fsp3) is 0.417. The van der Waals surface area contributed by atoms with E-state index in [4.69, 9.17) is 27.9 Å². The van der Waals surface area contributed by atoms with Gasteiger partial charge in [-0.2, -0.15) is 0 Å². The standard InChI is InChI=1S/C24H28Cl2FN5O3/c1-35-23(33)21-14-20(22-18(26)12-15(25)13-19(22)29-21)30-24(34)28-16-2-4-17(5-3-16)32-10-8-31(7-6-27)9-11-32/h2-5,12-13,20-21,29H,6-11,14H2,1H3,(H2,28,30,34)/t20-,21+/m0/s1/i27-1. The molecule has 0 saturated carbocycles. The first-order valence-corrected chi connectivity index (χ1v) is 12.2. The van der Waals surface area contributed by atoms with Crippen LogP contribution < -0.4 is 20.9 Å². The van der Waals surface area contributed by atoms with Crippen molar-refractivity contribution in [1.82, 2.24) is 10.2 Å². The van der Waals surface area contributed by atoms with E-state index in [9.17, 15) is 14.0 Å². The number of urea groups is 1. The second-order valence-corrected chi connectivity index (χ2v) is 9.36. The molecule has 2 aromatic carbocycles. The van der Waals surface area contributed by atoms with Gasteiger partial charge < -0.3 is 25.6 Å². The molecule has 2 aliphatic rings. The van der Waals surface area contributed by atoms with Gasteiger partial charge in [-0.1, -0.05) is 23.2 Å². The van der Waals surface area contributed by atoms with Crippen LogP contribution in [0.15, 0.2) is 36.4 Å². The molecule has 1 saturated heterocycles. The lowest BCUT2D eigenvalue weighted by molar-refractivity contribution is -0.141. The maximum atomic E-state index is 12.8. The second kappa shape index (κ2) is 11.3. The quantitative estimate of drug-likeness (QED) is 0.490. The Bertz CT molecular complexity index is 1060. The van der Waals surface area contributed by atoms with Crippen LogP contribution in [-0.4, -0.2) is 69.5 Å². The maximum Gasteiger partial charge on any atom is 0.328 e. The van der Waals surface area contributed by atoms with Crippen molar-refractivity contribution in [2.24, 2.45) is 0 Å². The first-order valence-electron chi connectivity index (χ1n) is 11.4. The Morgan fingerprint density at radius 3 is 2.51 bits per heavy atom. The van der Waals surface area contributed by atoms with Crippen molar-refractivity contribution in [3.05, 3.63) is 52.0 Å². The van der Waals surface area contributed by atoms with Gasteiger partial charge in [0, 0.05) is 71.8 Å². The highest BCUT2D eigenvalue weighted by Gasteiger charge is 2.34. The number of anilines is 3. The van der Waals surface area contributed by atoms with Crippen molar-refractivity contribution >= 4 is 52.3 Å². The summed E-state index contributed by atoms with van der Waals surface area (Å²) in [6.07, 6.45) is 0.266. The summed E-state index contributed by atoms with van der Waals surface area (Å²) in [6.45, 7) is 3.46. The number of fused-ring (bicyclic) bond motifs is 1. The third-order valence-electron chi connectivity index (χ3n) is 6.30. The van der Waals surface area contributed by atoms with Crippen LogP contribution in [0.1, 0.15) is 18.0 Å². The van der Waals surface area contributed by atoms with Crippen LogP contribution in [0.3, 0.4) is 0 Å². The van der Waals surface area contributed by atoms with Crippen LogP contribution in [0, 0.1) is 0 Å². The molecule has 0 spiro atoms. The van der Waals surface area contributed by atoms with Gasteiger partial charge in [0.25, 0.3) is 0 Å². The lowest BCUT2D eigenvalue weighted by Crippen LogP contribution is -2.47. The average Bonchev–Trinajstić information content (AvgIpc) is 2.84. The first-order chi connectivity index (χ1) is 16.9. The number of benzene rings is 2. The van der Waals surface area contributed by atoms with E-state index in [0.717, 1.165) is 31.9 Å². The van der Waals surface area contributed by atoms with E-state index in [-0.39, 0.29) is 13.1 Å². The molecule has 0 radical (unpaired) electrons. The van der Waals surface area contributed by atoms with Gasteiger partial charge in [0.05, 0.1) is 13.2 Å². The predicted octanol–water partition coefficient (Wildman–Crippen LogP) is 4.30. The van der Waals surface area contributed by atoms with Crippen LogP contribution in [0.4, 0.5) is 26.2 Å². The van der Waals surface area contributed by atoms with Gasteiger partial charge in [0.1, 0.15) is 12.7 Å².